The van der Waals surface area contributed by atoms with E-state index in [1.165, 1.54) is 5.56 Å². The molecule has 2 aliphatic rings. The summed E-state index contributed by atoms with van der Waals surface area (Å²) in [6.07, 6.45) is 2.75. The van der Waals surface area contributed by atoms with Crippen molar-refractivity contribution in [3.05, 3.63) is 35.9 Å². The van der Waals surface area contributed by atoms with Gasteiger partial charge in [-0.15, -0.1) is 0 Å². The van der Waals surface area contributed by atoms with Gasteiger partial charge in [0.25, 0.3) is 0 Å². The summed E-state index contributed by atoms with van der Waals surface area (Å²) in [5.74, 6) is 0.530. The molecule has 1 aromatic rings. The number of carbonyl (C=O) groups is 2. The second kappa shape index (κ2) is 8.34. The summed E-state index contributed by atoms with van der Waals surface area (Å²) < 4.78 is 5.04. The number of hydrogen-bond donors (Lipinski definition) is 1. The first-order valence-electron chi connectivity index (χ1n) is 9.04. The maximum absolute atomic E-state index is 12.5. The molecule has 0 atom stereocenters. The molecule has 3 amide bonds. The van der Waals surface area contributed by atoms with E-state index in [1.54, 1.807) is 16.9 Å². The molecule has 6 heteroatoms. The van der Waals surface area contributed by atoms with Crippen LogP contribution in [0.25, 0.3) is 0 Å². The summed E-state index contributed by atoms with van der Waals surface area (Å²) in [6, 6.07) is 10.5. The summed E-state index contributed by atoms with van der Waals surface area (Å²) in [5, 5.41) is 3.08. The van der Waals surface area contributed by atoms with Gasteiger partial charge < -0.3 is 19.9 Å². The molecule has 0 aromatic heterocycles. The van der Waals surface area contributed by atoms with E-state index in [-0.39, 0.29) is 24.5 Å². The number of urea groups is 1. The number of carbonyl (C=O) groups excluding carboxylic acids is 2. The molecule has 3 rings (SSSR count). The van der Waals surface area contributed by atoms with Crippen LogP contribution in [0.5, 0.6) is 0 Å². The first-order chi connectivity index (χ1) is 12.2. The Morgan fingerprint density at radius 3 is 2.72 bits per heavy atom. The van der Waals surface area contributed by atoms with Crippen molar-refractivity contribution in [1.82, 2.24) is 15.1 Å². The zero-order valence-electron chi connectivity index (χ0n) is 14.8. The van der Waals surface area contributed by atoms with E-state index in [2.05, 4.69) is 29.6 Å². The van der Waals surface area contributed by atoms with Crippen LogP contribution >= 0.6 is 0 Å². The molecule has 0 radical (unpaired) electrons. The number of benzene rings is 1. The van der Waals surface area contributed by atoms with E-state index in [0.717, 1.165) is 19.3 Å². The minimum absolute atomic E-state index is 0.000437. The topological polar surface area (TPSA) is 61.9 Å². The van der Waals surface area contributed by atoms with E-state index in [4.69, 9.17) is 4.74 Å². The Hall–Kier alpha value is -2.08. The van der Waals surface area contributed by atoms with Crippen LogP contribution in [-0.4, -0.2) is 67.7 Å². The van der Waals surface area contributed by atoms with Crippen LogP contribution in [0.15, 0.2) is 30.3 Å². The summed E-state index contributed by atoms with van der Waals surface area (Å²) in [6.45, 7) is 2.58. The number of nitrogens with zero attached hydrogens (tertiary/aromatic N) is 2. The predicted octanol–water partition coefficient (Wildman–Crippen LogP) is 1.82. The maximum Gasteiger partial charge on any atom is 0.318 e. The lowest BCUT2D eigenvalue weighted by atomic mass is 9.76. The molecule has 25 heavy (non-hydrogen) atoms. The number of methoxy groups -OCH3 is 1. The van der Waals surface area contributed by atoms with Crippen molar-refractivity contribution < 1.29 is 14.3 Å². The molecular formula is C19H27N3O3. The minimum Gasteiger partial charge on any atom is -0.383 e. The standard InChI is InChI=1S/C19H27N3O3/c1-25-11-10-21-8-5-9-22(14-18(21)23)19(24)20-17-12-16(13-17)15-6-3-2-4-7-15/h2-4,6-7,16-17H,5,8-14H2,1H3,(H,20,24). The van der Waals surface area contributed by atoms with Crippen LogP contribution in [0.4, 0.5) is 4.79 Å². The molecule has 6 nitrogen and oxygen atoms in total. The average Bonchev–Trinajstić information content (AvgIpc) is 2.78. The zero-order valence-corrected chi connectivity index (χ0v) is 14.8. The van der Waals surface area contributed by atoms with Gasteiger partial charge in [0, 0.05) is 32.8 Å². The van der Waals surface area contributed by atoms with Crippen LogP contribution in [0.2, 0.25) is 0 Å². The van der Waals surface area contributed by atoms with Gasteiger partial charge in [0.2, 0.25) is 5.91 Å². The Morgan fingerprint density at radius 1 is 1.24 bits per heavy atom. The fraction of sp³-hybridized carbons (Fsp3) is 0.579. The molecule has 0 unspecified atom stereocenters. The van der Waals surface area contributed by atoms with Crippen molar-refractivity contribution in [2.75, 3.05) is 39.9 Å². The lowest BCUT2D eigenvalue weighted by Gasteiger charge is -2.37. The van der Waals surface area contributed by atoms with Crippen molar-refractivity contribution in [3.8, 4) is 0 Å². The molecule has 1 saturated heterocycles. The van der Waals surface area contributed by atoms with E-state index in [0.29, 0.717) is 32.2 Å². The van der Waals surface area contributed by atoms with Crippen LogP contribution in [0.3, 0.4) is 0 Å². The quantitative estimate of drug-likeness (QED) is 0.885. The molecule has 0 bridgehead atoms. The van der Waals surface area contributed by atoms with Crippen molar-refractivity contribution in [2.45, 2.75) is 31.2 Å². The molecule has 1 aliphatic carbocycles. The Balaban J connectivity index is 1.45. The van der Waals surface area contributed by atoms with Gasteiger partial charge in [-0.25, -0.2) is 4.79 Å². The second-order valence-corrected chi connectivity index (χ2v) is 6.87. The number of nitrogens with one attached hydrogen (secondary N) is 1. The van der Waals surface area contributed by atoms with Gasteiger partial charge in [-0.1, -0.05) is 30.3 Å². The summed E-state index contributed by atoms with van der Waals surface area (Å²) in [5.41, 5.74) is 1.34. The summed E-state index contributed by atoms with van der Waals surface area (Å²) in [4.78, 5) is 28.2. The zero-order chi connectivity index (χ0) is 17.6. The monoisotopic (exact) mass is 345 g/mol. The molecule has 136 valence electrons. The van der Waals surface area contributed by atoms with Crippen LogP contribution in [-0.2, 0) is 9.53 Å². The first kappa shape index (κ1) is 17.7. The van der Waals surface area contributed by atoms with Gasteiger partial charge in [0.15, 0.2) is 0 Å². The Bertz CT molecular complexity index is 587. The minimum atomic E-state index is -0.113. The van der Waals surface area contributed by atoms with Crippen LogP contribution < -0.4 is 5.32 Å². The number of amides is 3. The third kappa shape index (κ3) is 4.51. The van der Waals surface area contributed by atoms with E-state index >= 15 is 0 Å². The van der Waals surface area contributed by atoms with Crippen LogP contribution in [0, 0.1) is 0 Å². The highest BCUT2D eigenvalue weighted by molar-refractivity contribution is 5.84. The fourth-order valence-corrected chi connectivity index (χ4v) is 3.53. The average molecular weight is 345 g/mol. The van der Waals surface area contributed by atoms with Gasteiger partial charge in [-0.2, -0.15) is 0 Å². The van der Waals surface area contributed by atoms with E-state index in [1.807, 2.05) is 6.07 Å². The predicted molar refractivity (Wildman–Crippen MR) is 95.4 cm³/mol. The molecule has 1 saturated carbocycles. The highest BCUT2D eigenvalue weighted by Gasteiger charge is 2.33. The molecule has 1 aliphatic heterocycles. The van der Waals surface area contributed by atoms with Crippen molar-refractivity contribution in [1.29, 1.82) is 0 Å². The van der Waals surface area contributed by atoms with Gasteiger partial charge >= 0.3 is 6.03 Å². The number of hydrogen-bond acceptors (Lipinski definition) is 3. The summed E-state index contributed by atoms with van der Waals surface area (Å²) >= 11 is 0. The Labute approximate surface area is 149 Å². The van der Waals surface area contributed by atoms with Crippen molar-refractivity contribution in [2.24, 2.45) is 0 Å². The first-order valence-corrected chi connectivity index (χ1v) is 9.04. The Morgan fingerprint density at radius 2 is 2.00 bits per heavy atom. The SMILES string of the molecule is COCCN1CCCN(C(=O)NC2CC(c3ccccc3)C2)CC1=O. The number of ether oxygens (including phenoxy) is 1. The van der Waals surface area contributed by atoms with Gasteiger partial charge in [-0.3, -0.25) is 4.79 Å². The molecule has 2 fully saturated rings. The van der Waals surface area contributed by atoms with Gasteiger partial charge in [-0.05, 0) is 30.7 Å². The lowest BCUT2D eigenvalue weighted by Crippen LogP contribution is -2.51. The fourth-order valence-electron chi connectivity index (χ4n) is 3.53. The third-order valence-corrected chi connectivity index (χ3v) is 5.12. The Kier molecular flexibility index (Phi) is 5.91. The van der Waals surface area contributed by atoms with Crippen LogP contribution in [0.1, 0.15) is 30.7 Å². The molecular weight excluding hydrogens is 318 g/mol. The van der Waals surface area contributed by atoms with E-state index < -0.39 is 0 Å². The normalized spacial score (nSPS) is 23.8. The smallest absolute Gasteiger partial charge is 0.318 e. The van der Waals surface area contributed by atoms with E-state index in [9.17, 15) is 9.59 Å². The maximum atomic E-state index is 12.5. The number of rotatable bonds is 5. The largest absolute Gasteiger partial charge is 0.383 e. The van der Waals surface area contributed by atoms with Crippen molar-refractivity contribution in [3.63, 3.8) is 0 Å². The molecule has 1 heterocycles. The molecule has 0 spiro atoms. The second-order valence-electron chi connectivity index (χ2n) is 6.87. The highest BCUT2D eigenvalue weighted by atomic mass is 16.5. The third-order valence-electron chi connectivity index (χ3n) is 5.12. The highest BCUT2D eigenvalue weighted by Crippen LogP contribution is 2.36. The van der Waals surface area contributed by atoms with Gasteiger partial charge in [0.1, 0.15) is 6.54 Å². The van der Waals surface area contributed by atoms with Gasteiger partial charge in [0.05, 0.1) is 6.61 Å². The molecule has 1 N–H and O–H groups in total. The van der Waals surface area contributed by atoms with Crippen molar-refractivity contribution >= 4 is 11.9 Å². The molecule has 1 aromatic carbocycles. The summed E-state index contributed by atoms with van der Waals surface area (Å²) in [7, 11) is 1.63. The lowest BCUT2D eigenvalue weighted by molar-refractivity contribution is -0.131.